The van der Waals surface area contributed by atoms with Crippen molar-refractivity contribution in [2.45, 2.75) is 6.54 Å². The molecule has 0 aliphatic carbocycles. The number of carbonyl (C=O) groups is 3. The maximum Gasteiger partial charge on any atom is 0.345 e. The quantitative estimate of drug-likeness (QED) is 0.127. The van der Waals surface area contributed by atoms with Crippen LogP contribution in [0.4, 0.5) is 10.5 Å². The molecular formula is C25H17ClN2O7S. The zero-order valence-electron chi connectivity index (χ0n) is 18.7. The van der Waals surface area contributed by atoms with Crippen LogP contribution < -0.4 is 9.47 Å². The Hall–Kier alpha value is -4.15. The number of halogens is 1. The van der Waals surface area contributed by atoms with Gasteiger partial charge in [0, 0.05) is 12.1 Å². The third kappa shape index (κ3) is 5.40. The van der Waals surface area contributed by atoms with Crippen molar-refractivity contribution in [1.82, 2.24) is 4.90 Å². The molecule has 11 heteroatoms. The smallest absolute Gasteiger partial charge is 0.345 e. The molecule has 3 aromatic carbocycles. The molecule has 0 aromatic heterocycles. The van der Waals surface area contributed by atoms with Gasteiger partial charge < -0.3 is 9.47 Å². The van der Waals surface area contributed by atoms with Gasteiger partial charge in [0.25, 0.3) is 16.8 Å². The normalized spacial score (nSPS) is 14.3. The van der Waals surface area contributed by atoms with E-state index in [4.69, 9.17) is 21.1 Å². The van der Waals surface area contributed by atoms with E-state index < -0.39 is 22.0 Å². The summed E-state index contributed by atoms with van der Waals surface area (Å²) in [4.78, 5) is 49.3. The van der Waals surface area contributed by atoms with Crippen LogP contribution in [0.2, 0.25) is 5.02 Å². The number of amides is 2. The maximum atomic E-state index is 12.9. The summed E-state index contributed by atoms with van der Waals surface area (Å²) in [5, 5.41) is 10.6. The number of methoxy groups -OCH3 is 1. The summed E-state index contributed by atoms with van der Waals surface area (Å²) < 4.78 is 10.8. The Balaban J connectivity index is 1.50. The molecule has 3 aromatic rings. The second kappa shape index (κ2) is 10.6. The summed E-state index contributed by atoms with van der Waals surface area (Å²) in [5.41, 5.74) is 1.25. The summed E-state index contributed by atoms with van der Waals surface area (Å²) in [5.74, 6) is -0.740. The van der Waals surface area contributed by atoms with E-state index >= 15 is 0 Å². The summed E-state index contributed by atoms with van der Waals surface area (Å²) in [6, 6.07) is 16.8. The Morgan fingerprint density at radius 1 is 1.08 bits per heavy atom. The number of benzene rings is 3. The summed E-state index contributed by atoms with van der Waals surface area (Å²) in [6.07, 6.45) is 1.53. The average Bonchev–Trinajstić information content (AvgIpc) is 3.12. The lowest BCUT2D eigenvalue weighted by Gasteiger charge is -2.12. The number of nitro benzene ring substituents is 1. The Morgan fingerprint density at radius 3 is 2.47 bits per heavy atom. The lowest BCUT2D eigenvalue weighted by atomic mass is 10.1. The molecule has 1 aliphatic heterocycles. The molecule has 9 nitrogen and oxygen atoms in total. The van der Waals surface area contributed by atoms with Gasteiger partial charge in [-0.1, -0.05) is 41.9 Å². The van der Waals surface area contributed by atoms with Crippen LogP contribution >= 0.6 is 23.4 Å². The number of esters is 1. The second-order valence-corrected chi connectivity index (χ2v) is 8.87. The molecule has 0 unspecified atom stereocenters. The Labute approximate surface area is 214 Å². The van der Waals surface area contributed by atoms with Crippen molar-refractivity contribution in [3.63, 3.8) is 0 Å². The van der Waals surface area contributed by atoms with Crippen molar-refractivity contribution in [2.24, 2.45) is 0 Å². The molecule has 0 saturated carbocycles. The minimum absolute atomic E-state index is 0.0136. The Bertz CT molecular complexity index is 1410. The van der Waals surface area contributed by atoms with Crippen molar-refractivity contribution in [3.8, 4) is 11.5 Å². The van der Waals surface area contributed by atoms with E-state index in [-0.39, 0.29) is 39.2 Å². The number of hydrogen-bond acceptors (Lipinski definition) is 8. The van der Waals surface area contributed by atoms with Crippen molar-refractivity contribution < 1.29 is 28.8 Å². The van der Waals surface area contributed by atoms with Crippen LogP contribution in [0, 0.1) is 10.1 Å². The fraction of sp³-hybridized carbons (Fsp3) is 0.0800. The van der Waals surface area contributed by atoms with Crippen molar-refractivity contribution >= 4 is 52.2 Å². The SMILES string of the molecule is COc1cc(/C=C2\SC(=O)N(Cc3ccc([N+](=O)[O-])cc3)C2=O)ccc1OC(=O)c1ccccc1Cl. The van der Waals surface area contributed by atoms with E-state index in [1.807, 2.05) is 0 Å². The zero-order chi connectivity index (χ0) is 25.8. The van der Waals surface area contributed by atoms with Crippen LogP contribution in [-0.4, -0.2) is 34.0 Å². The van der Waals surface area contributed by atoms with Gasteiger partial charge in [0.05, 0.1) is 34.1 Å². The van der Waals surface area contributed by atoms with Crippen LogP contribution in [-0.2, 0) is 11.3 Å². The van der Waals surface area contributed by atoms with Gasteiger partial charge in [-0.2, -0.15) is 0 Å². The number of nitrogens with zero attached hydrogens (tertiary/aromatic N) is 2. The Kier molecular flexibility index (Phi) is 7.37. The monoisotopic (exact) mass is 524 g/mol. The predicted molar refractivity (Wildman–Crippen MR) is 134 cm³/mol. The molecule has 0 spiro atoms. The number of ether oxygens (including phenoxy) is 2. The predicted octanol–water partition coefficient (Wildman–Crippen LogP) is 5.71. The van der Waals surface area contributed by atoms with Gasteiger partial charge in [0.2, 0.25) is 0 Å². The standard InChI is InChI=1S/C25H17ClN2O7S/c1-34-21-12-16(8-11-20(21)35-24(30)18-4-2-3-5-19(18)26)13-22-23(29)27(25(31)36-22)14-15-6-9-17(10-7-15)28(32)33/h2-13H,14H2,1H3/b22-13-. The molecule has 4 rings (SSSR count). The van der Waals surface area contributed by atoms with Crippen LogP contribution in [0.15, 0.2) is 71.6 Å². The number of nitro groups is 1. The minimum atomic E-state index is -0.654. The number of thioether (sulfide) groups is 1. The number of imide groups is 1. The first-order valence-electron chi connectivity index (χ1n) is 10.4. The molecule has 1 aliphatic rings. The van der Waals surface area contributed by atoms with Gasteiger partial charge in [-0.15, -0.1) is 0 Å². The lowest BCUT2D eigenvalue weighted by molar-refractivity contribution is -0.384. The average molecular weight is 525 g/mol. The fourth-order valence-electron chi connectivity index (χ4n) is 3.33. The molecule has 182 valence electrons. The Morgan fingerprint density at radius 2 is 1.81 bits per heavy atom. The molecule has 1 saturated heterocycles. The van der Waals surface area contributed by atoms with Crippen LogP contribution in [0.1, 0.15) is 21.5 Å². The largest absolute Gasteiger partial charge is 0.493 e. The highest BCUT2D eigenvalue weighted by Gasteiger charge is 2.35. The van der Waals surface area contributed by atoms with Gasteiger partial charge in [0.1, 0.15) is 0 Å². The van der Waals surface area contributed by atoms with Crippen molar-refractivity contribution in [3.05, 3.63) is 103 Å². The zero-order valence-corrected chi connectivity index (χ0v) is 20.2. The van der Waals surface area contributed by atoms with E-state index in [0.29, 0.717) is 11.1 Å². The van der Waals surface area contributed by atoms with E-state index in [1.165, 1.54) is 49.6 Å². The second-order valence-electron chi connectivity index (χ2n) is 7.47. The molecule has 1 fully saturated rings. The topological polar surface area (TPSA) is 116 Å². The third-order valence-electron chi connectivity index (χ3n) is 5.14. The highest BCUT2D eigenvalue weighted by atomic mass is 35.5. The van der Waals surface area contributed by atoms with Gasteiger partial charge >= 0.3 is 5.97 Å². The van der Waals surface area contributed by atoms with Crippen molar-refractivity contribution in [2.75, 3.05) is 7.11 Å². The highest BCUT2D eigenvalue weighted by molar-refractivity contribution is 8.18. The summed E-state index contributed by atoms with van der Waals surface area (Å²) >= 11 is 6.84. The first kappa shape index (κ1) is 25.0. The fourth-order valence-corrected chi connectivity index (χ4v) is 4.38. The number of non-ortho nitro benzene ring substituents is 1. The summed E-state index contributed by atoms with van der Waals surface area (Å²) in [6.45, 7) is -0.0136. The highest BCUT2D eigenvalue weighted by Crippen LogP contribution is 2.35. The number of hydrogen-bond donors (Lipinski definition) is 0. The molecule has 2 amide bonds. The van der Waals surface area contributed by atoms with E-state index in [1.54, 1.807) is 30.3 Å². The van der Waals surface area contributed by atoms with Gasteiger partial charge in [-0.05, 0) is 53.2 Å². The first-order chi connectivity index (χ1) is 17.3. The van der Waals surface area contributed by atoms with Crippen LogP contribution in [0.5, 0.6) is 11.5 Å². The minimum Gasteiger partial charge on any atom is -0.493 e. The molecule has 1 heterocycles. The van der Waals surface area contributed by atoms with E-state index in [2.05, 4.69) is 0 Å². The van der Waals surface area contributed by atoms with E-state index in [0.717, 1.165) is 16.7 Å². The molecule has 0 atom stereocenters. The van der Waals surface area contributed by atoms with Crippen LogP contribution in [0.25, 0.3) is 6.08 Å². The van der Waals surface area contributed by atoms with Crippen LogP contribution in [0.3, 0.4) is 0 Å². The number of rotatable bonds is 7. The summed E-state index contributed by atoms with van der Waals surface area (Å²) in [7, 11) is 1.41. The third-order valence-corrected chi connectivity index (χ3v) is 6.38. The lowest BCUT2D eigenvalue weighted by Crippen LogP contribution is -2.27. The molecular weight excluding hydrogens is 508 g/mol. The van der Waals surface area contributed by atoms with Gasteiger partial charge in [-0.25, -0.2) is 4.79 Å². The first-order valence-corrected chi connectivity index (χ1v) is 11.6. The maximum absolute atomic E-state index is 12.9. The molecule has 0 radical (unpaired) electrons. The molecule has 36 heavy (non-hydrogen) atoms. The van der Waals surface area contributed by atoms with E-state index in [9.17, 15) is 24.5 Å². The molecule has 0 N–H and O–H groups in total. The molecule has 0 bridgehead atoms. The van der Waals surface area contributed by atoms with Gasteiger partial charge in [0.15, 0.2) is 11.5 Å². The number of carbonyl (C=O) groups excluding carboxylic acids is 3. The van der Waals surface area contributed by atoms with Gasteiger partial charge in [-0.3, -0.25) is 24.6 Å². The van der Waals surface area contributed by atoms with Crippen molar-refractivity contribution in [1.29, 1.82) is 0 Å².